The third-order valence-electron chi connectivity index (χ3n) is 7.79. The highest BCUT2D eigenvalue weighted by Gasteiger charge is 2.33. The van der Waals surface area contributed by atoms with Crippen LogP contribution in [0.2, 0.25) is 0 Å². The number of alkyl carbamates (subject to hydrolysis) is 1. The Bertz CT molecular complexity index is 1520. The van der Waals surface area contributed by atoms with Gasteiger partial charge in [0.05, 0.1) is 6.04 Å². The predicted molar refractivity (Wildman–Crippen MR) is 189 cm³/mol. The lowest BCUT2D eigenvalue weighted by Gasteiger charge is -2.27. The van der Waals surface area contributed by atoms with Gasteiger partial charge in [-0.2, -0.15) is 0 Å². The molecule has 1 unspecified atom stereocenters. The Labute approximate surface area is 289 Å². The molecule has 0 bridgehead atoms. The Kier molecular flexibility index (Phi) is 14.5. The molecule has 4 amide bonds. The Balaban J connectivity index is 1.85. The first-order valence-electron chi connectivity index (χ1n) is 16.7. The fraction of sp³-hybridized carbons (Fsp3) is 0.410. The number of benzene rings is 3. The van der Waals surface area contributed by atoms with Gasteiger partial charge in [0, 0.05) is 18.8 Å². The van der Waals surface area contributed by atoms with Crippen molar-refractivity contribution in [3.63, 3.8) is 0 Å². The quantitative estimate of drug-likeness (QED) is 0.163. The van der Waals surface area contributed by atoms with Crippen LogP contribution in [0.1, 0.15) is 64.2 Å². The Morgan fingerprint density at radius 2 is 1.08 bits per heavy atom. The number of nitrogens with two attached hydrogens (primary N) is 1. The highest BCUT2D eigenvalue weighted by atomic mass is 16.6. The number of amides is 4. The molecule has 0 spiro atoms. The Hall–Kier alpha value is -4.99. The van der Waals surface area contributed by atoms with Crippen LogP contribution >= 0.6 is 0 Å². The van der Waals surface area contributed by atoms with Crippen molar-refractivity contribution in [3.8, 4) is 0 Å². The van der Waals surface area contributed by atoms with Crippen molar-refractivity contribution in [2.45, 2.75) is 90.4 Å². The summed E-state index contributed by atoms with van der Waals surface area (Å²) in [6.45, 7) is 9.04. The first kappa shape index (κ1) is 38.5. The standard InChI is InChI=1S/C39H50N4O6/c1-26(2)21-33(37(47)41-32(35(40)45)24-29-19-13-8-14-20-29)42-36(46)30(22-27-15-9-6-10-16-27)25-34(44)31(23-28-17-11-7-12-18-28)43-38(48)49-39(3,4)5/h6-20,26,30-33H,21-25H2,1-5H3,(H2,40,45)(H,41,47)(H,42,46)(H,43,48)/t30-,31+,32?,33+/m1/s1. The third-order valence-corrected chi connectivity index (χ3v) is 7.79. The van der Waals surface area contributed by atoms with Gasteiger partial charge in [0.1, 0.15) is 17.7 Å². The molecule has 5 N–H and O–H groups in total. The summed E-state index contributed by atoms with van der Waals surface area (Å²) < 4.78 is 5.45. The maximum absolute atomic E-state index is 14.0. The largest absolute Gasteiger partial charge is 0.444 e. The zero-order valence-electron chi connectivity index (χ0n) is 29.1. The highest BCUT2D eigenvalue weighted by molar-refractivity contribution is 5.95. The number of Topliss-reactive ketones (excluding diaryl/α,β-unsaturated/α-hetero) is 1. The van der Waals surface area contributed by atoms with Crippen LogP contribution in [0.25, 0.3) is 0 Å². The summed E-state index contributed by atoms with van der Waals surface area (Å²) in [5.74, 6) is -2.94. The number of hydrogen-bond acceptors (Lipinski definition) is 6. The molecule has 0 aromatic heterocycles. The van der Waals surface area contributed by atoms with E-state index in [1.54, 1.807) is 20.8 Å². The van der Waals surface area contributed by atoms with Gasteiger partial charge in [0.15, 0.2) is 5.78 Å². The fourth-order valence-electron chi connectivity index (χ4n) is 5.42. The number of nitrogens with one attached hydrogen (secondary N) is 3. The van der Waals surface area contributed by atoms with E-state index in [4.69, 9.17) is 10.5 Å². The molecule has 10 nitrogen and oxygen atoms in total. The summed E-state index contributed by atoms with van der Waals surface area (Å²) >= 11 is 0. The van der Waals surface area contributed by atoms with Crippen LogP contribution in [-0.2, 0) is 43.2 Å². The monoisotopic (exact) mass is 670 g/mol. The van der Waals surface area contributed by atoms with E-state index in [9.17, 15) is 24.0 Å². The SMILES string of the molecule is CC(C)C[C@H](NC(=O)[C@@H](CC(=O)[C@H](Cc1ccccc1)NC(=O)OC(C)(C)C)Cc1ccccc1)C(=O)NC(Cc1ccccc1)C(N)=O. The van der Waals surface area contributed by atoms with Gasteiger partial charge in [-0.25, -0.2) is 4.79 Å². The van der Waals surface area contributed by atoms with E-state index < -0.39 is 53.5 Å². The van der Waals surface area contributed by atoms with Gasteiger partial charge >= 0.3 is 6.09 Å². The van der Waals surface area contributed by atoms with Crippen LogP contribution in [0.3, 0.4) is 0 Å². The van der Waals surface area contributed by atoms with Crippen LogP contribution in [0, 0.1) is 11.8 Å². The van der Waals surface area contributed by atoms with Crippen LogP contribution in [0.5, 0.6) is 0 Å². The summed E-state index contributed by atoms with van der Waals surface area (Å²) in [7, 11) is 0. The van der Waals surface area contributed by atoms with E-state index in [0.29, 0.717) is 0 Å². The molecule has 0 saturated carbocycles. The smallest absolute Gasteiger partial charge is 0.408 e. The van der Waals surface area contributed by atoms with Crippen molar-refractivity contribution in [1.82, 2.24) is 16.0 Å². The van der Waals surface area contributed by atoms with E-state index in [1.807, 2.05) is 105 Å². The minimum atomic E-state index is -0.987. The molecule has 3 aromatic carbocycles. The molecular formula is C39H50N4O6. The van der Waals surface area contributed by atoms with Crippen molar-refractivity contribution in [3.05, 3.63) is 108 Å². The molecule has 49 heavy (non-hydrogen) atoms. The molecule has 0 aliphatic carbocycles. The topological polar surface area (TPSA) is 157 Å². The molecule has 3 aromatic rings. The van der Waals surface area contributed by atoms with Gasteiger partial charge in [0.25, 0.3) is 0 Å². The van der Waals surface area contributed by atoms with E-state index in [1.165, 1.54) is 0 Å². The van der Waals surface area contributed by atoms with Crippen molar-refractivity contribution in [2.24, 2.45) is 17.6 Å². The van der Waals surface area contributed by atoms with Crippen molar-refractivity contribution < 1.29 is 28.7 Å². The van der Waals surface area contributed by atoms with Crippen molar-refractivity contribution in [2.75, 3.05) is 0 Å². The number of hydrogen-bond donors (Lipinski definition) is 4. The first-order valence-corrected chi connectivity index (χ1v) is 16.7. The van der Waals surface area contributed by atoms with E-state index in [-0.39, 0.29) is 43.8 Å². The molecule has 3 rings (SSSR count). The zero-order valence-corrected chi connectivity index (χ0v) is 29.1. The number of ketones is 1. The molecule has 10 heteroatoms. The van der Waals surface area contributed by atoms with Gasteiger partial charge in [-0.05, 0) is 62.6 Å². The van der Waals surface area contributed by atoms with Crippen molar-refractivity contribution in [1.29, 1.82) is 0 Å². The second-order valence-electron chi connectivity index (χ2n) is 13.8. The summed E-state index contributed by atoms with van der Waals surface area (Å²) in [5, 5.41) is 8.33. The zero-order chi connectivity index (χ0) is 36.0. The third kappa shape index (κ3) is 13.9. The Morgan fingerprint density at radius 3 is 1.53 bits per heavy atom. The predicted octanol–water partition coefficient (Wildman–Crippen LogP) is 4.68. The number of primary amides is 1. The maximum Gasteiger partial charge on any atom is 0.408 e. The average Bonchev–Trinajstić information content (AvgIpc) is 3.03. The van der Waals surface area contributed by atoms with Crippen LogP contribution in [-0.4, -0.2) is 53.3 Å². The summed E-state index contributed by atoms with van der Waals surface area (Å²) in [4.78, 5) is 66.7. The van der Waals surface area contributed by atoms with Gasteiger partial charge < -0.3 is 26.4 Å². The lowest BCUT2D eigenvalue weighted by molar-refractivity contribution is -0.134. The van der Waals surface area contributed by atoms with E-state index in [0.717, 1.165) is 16.7 Å². The van der Waals surface area contributed by atoms with Gasteiger partial charge in [-0.1, -0.05) is 105 Å². The van der Waals surface area contributed by atoms with Crippen LogP contribution in [0.4, 0.5) is 4.79 Å². The van der Waals surface area contributed by atoms with Crippen LogP contribution in [0.15, 0.2) is 91.0 Å². The van der Waals surface area contributed by atoms with Gasteiger partial charge in [-0.15, -0.1) is 0 Å². The van der Waals surface area contributed by atoms with E-state index >= 15 is 0 Å². The molecule has 0 saturated heterocycles. The molecule has 0 fully saturated rings. The number of rotatable bonds is 17. The molecule has 0 heterocycles. The lowest BCUT2D eigenvalue weighted by atomic mass is 9.89. The molecule has 4 atom stereocenters. The highest BCUT2D eigenvalue weighted by Crippen LogP contribution is 2.18. The number of ether oxygens (including phenoxy) is 1. The van der Waals surface area contributed by atoms with Gasteiger partial charge in [0.2, 0.25) is 17.7 Å². The van der Waals surface area contributed by atoms with Gasteiger partial charge in [-0.3, -0.25) is 19.2 Å². The average molecular weight is 671 g/mol. The normalized spacial score (nSPS) is 13.8. The molecular weight excluding hydrogens is 620 g/mol. The first-order chi connectivity index (χ1) is 23.2. The molecule has 0 aliphatic heterocycles. The summed E-state index contributed by atoms with van der Waals surface area (Å²) in [5.41, 5.74) is 7.36. The van der Waals surface area contributed by atoms with Crippen molar-refractivity contribution >= 4 is 29.6 Å². The summed E-state index contributed by atoms with van der Waals surface area (Å²) in [6.07, 6.45) is -0.0369. The van der Waals surface area contributed by atoms with E-state index in [2.05, 4.69) is 16.0 Å². The molecule has 262 valence electrons. The van der Waals surface area contributed by atoms with Crippen LogP contribution < -0.4 is 21.7 Å². The second kappa shape index (κ2) is 18.5. The minimum Gasteiger partial charge on any atom is -0.444 e. The second-order valence-corrected chi connectivity index (χ2v) is 13.8. The summed E-state index contributed by atoms with van der Waals surface area (Å²) in [6, 6.07) is 24.8. The number of carbonyl (C=O) groups is 5. The lowest BCUT2D eigenvalue weighted by Crippen LogP contribution is -2.55. The molecule has 0 radical (unpaired) electrons. The minimum absolute atomic E-state index is 0.0136. The fourth-order valence-corrected chi connectivity index (χ4v) is 5.42. The maximum atomic E-state index is 14.0. The molecule has 0 aliphatic rings. The Morgan fingerprint density at radius 1 is 0.633 bits per heavy atom. The number of carbonyl (C=O) groups excluding carboxylic acids is 5.